The number of rotatable bonds is 4. The van der Waals surface area contributed by atoms with Crippen LogP contribution in [0.3, 0.4) is 0 Å². The van der Waals surface area contributed by atoms with Gasteiger partial charge in [-0.3, -0.25) is 0 Å². The second-order valence-electron chi connectivity index (χ2n) is 3.20. The molecule has 0 unspecified atom stereocenters. The minimum Gasteiger partial charge on any atom is -0.212 e. The van der Waals surface area contributed by atoms with E-state index in [0.717, 1.165) is 24.0 Å². The SMILES string of the molecule is CCCc1ccccc1CS(=O)(=O)Cl. The van der Waals surface area contributed by atoms with Gasteiger partial charge in [0.05, 0.1) is 5.75 Å². The molecule has 1 rings (SSSR count). The summed E-state index contributed by atoms with van der Waals surface area (Å²) in [5.74, 6) is -0.0786. The van der Waals surface area contributed by atoms with E-state index in [0.29, 0.717) is 0 Å². The molecule has 0 aliphatic heterocycles. The summed E-state index contributed by atoms with van der Waals surface area (Å²) in [6, 6.07) is 7.50. The standard InChI is InChI=1S/C10H13ClO2S/c1-2-5-9-6-3-4-7-10(9)8-14(11,12)13/h3-4,6-7H,2,5,8H2,1H3. The van der Waals surface area contributed by atoms with Crippen LogP contribution in [-0.2, 0) is 21.2 Å². The van der Waals surface area contributed by atoms with Gasteiger partial charge in [0.25, 0.3) is 0 Å². The van der Waals surface area contributed by atoms with Gasteiger partial charge in [-0.1, -0.05) is 37.6 Å². The first-order chi connectivity index (χ1) is 6.53. The van der Waals surface area contributed by atoms with Gasteiger partial charge in [-0.15, -0.1) is 0 Å². The lowest BCUT2D eigenvalue weighted by Gasteiger charge is -2.05. The molecule has 1 aromatic rings. The van der Waals surface area contributed by atoms with Crippen LogP contribution < -0.4 is 0 Å². The molecule has 0 N–H and O–H groups in total. The Morgan fingerprint density at radius 3 is 2.29 bits per heavy atom. The number of benzene rings is 1. The highest BCUT2D eigenvalue weighted by atomic mass is 35.7. The molecule has 0 amide bonds. The van der Waals surface area contributed by atoms with Gasteiger partial charge in [-0.2, -0.15) is 0 Å². The first-order valence-electron chi connectivity index (χ1n) is 4.52. The zero-order valence-electron chi connectivity index (χ0n) is 8.03. The molecule has 0 saturated carbocycles. The third kappa shape index (κ3) is 3.68. The Balaban J connectivity index is 2.95. The van der Waals surface area contributed by atoms with Crippen LogP contribution >= 0.6 is 10.7 Å². The average molecular weight is 233 g/mol. The summed E-state index contributed by atoms with van der Waals surface area (Å²) in [6.45, 7) is 2.06. The summed E-state index contributed by atoms with van der Waals surface area (Å²) >= 11 is 0. The fourth-order valence-corrected chi connectivity index (χ4v) is 2.40. The van der Waals surface area contributed by atoms with E-state index in [4.69, 9.17) is 10.7 Å². The maximum atomic E-state index is 10.9. The molecule has 4 heteroatoms. The van der Waals surface area contributed by atoms with E-state index >= 15 is 0 Å². The van der Waals surface area contributed by atoms with E-state index in [1.54, 1.807) is 0 Å². The molecule has 2 nitrogen and oxygen atoms in total. The average Bonchev–Trinajstić information content (AvgIpc) is 2.06. The van der Waals surface area contributed by atoms with Crippen molar-refractivity contribution in [3.8, 4) is 0 Å². The van der Waals surface area contributed by atoms with Crippen LogP contribution in [0.5, 0.6) is 0 Å². The molecule has 78 valence electrons. The molecule has 0 aliphatic rings. The molecule has 0 spiro atoms. The zero-order chi connectivity index (χ0) is 10.6. The zero-order valence-corrected chi connectivity index (χ0v) is 9.61. The minimum absolute atomic E-state index is 0.0786. The van der Waals surface area contributed by atoms with Crippen molar-refractivity contribution in [2.75, 3.05) is 0 Å². The third-order valence-corrected chi connectivity index (χ3v) is 2.95. The molecule has 1 aromatic carbocycles. The molecule has 14 heavy (non-hydrogen) atoms. The fraction of sp³-hybridized carbons (Fsp3) is 0.400. The smallest absolute Gasteiger partial charge is 0.212 e. The van der Waals surface area contributed by atoms with Crippen LogP contribution in [-0.4, -0.2) is 8.42 Å². The molecule has 0 radical (unpaired) electrons. The third-order valence-electron chi connectivity index (χ3n) is 1.97. The lowest BCUT2D eigenvalue weighted by molar-refractivity contribution is 0.608. The van der Waals surface area contributed by atoms with E-state index in [2.05, 4.69) is 6.92 Å². The Kier molecular flexibility index (Phi) is 3.96. The largest absolute Gasteiger partial charge is 0.236 e. The van der Waals surface area contributed by atoms with Crippen LogP contribution in [0.15, 0.2) is 24.3 Å². The number of aryl methyl sites for hydroxylation is 1. The van der Waals surface area contributed by atoms with Crippen LogP contribution in [0.25, 0.3) is 0 Å². The molecule has 0 fully saturated rings. The highest BCUT2D eigenvalue weighted by Crippen LogP contribution is 2.16. The first-order valence-corrected chi connectivity index (χ1v) is 7.00. The summed E-state index contributed by atoms with van der Waals surface area (Å²) in [7, 11) is 1.77. The van der Waals surface area contributed by atoms with Crippen molar-refractivity contribution in [2.45, 2.75) is 25.5 Å². The first kappa shape index (κ1) is 11.5. The molecule has 0 bridgehead atoms. The monoisotopic (exact) mass is 232 g/mol. The molecular weight excluding hydrogens is 220 g/mol. The van der Waals surface area contributed by atoms with Crippen LogP contribution in [0.2, 0.25) is 0 Å². The van der Waals surface area contributed by atoms with Gasteiger partial charge in [-0.05, 0) is 17.5 Å². The van der Waals surface area contributed by atoms with Gasteiger partial charge >= 0.3 is 0 Å². The summed E-state index contributed by atoms with van der Waals surface area (Å²) in [4.78, 5) is 0. The Bertz CT molecular complexity index is 398. The summed E-state index contributed by atoms with van der Waals surface area (Å²) in [6.07, 6.45) is 1.89. The number of hydrogen-bond donors (Lipinski definition) is 0. The van der Waals surface area contributed by atoms with E-state index < -0.39 is 9.05 Å². The van der Waals surface area contributed by atoms with Crippen LogP contribution in [0.1, 0.15) is 24.5 Å². The minimum atomic E-state index is -3.45. The van der Waals surface area contributed by atoms with Crippen LogP contribution in [0.4, 0.5) is 0 Å². The van der Waals surface area contributed by atoms with Crippen LogP contribution in [0, 0.1) is 0 Å². The summed E-state index contributed by atoms with van der Waals surface area (Å²) in [5, 5.41) is 0. The maximum absolute atomic E-state index is 10.9. The molecule has 0 heterocycles. The Labute approximate surface area is 89.3 Å². The van der Waals surface area contributed by atoms with Gasteiger partial charge in [0.1, 0.15) is 0 Å². The molecule has 0 saturated heterocycles. The number of halogens is 1. The summed E-state index contributed by atoms with van der Waals surface area (Å²) < 4.78 is 21.8. The summed E-state index contributed by atoms with van der Waals surface area (Å²) in [5.41, 5.74) is 1.88. The van der Waals surface area contributed by atoms with Gasteiger partial charge in [-0.25, -0.2) is 8.42 Å². The van der Waals surface area contributed by atoms with Gasteiger partial charge in [0.2, 0.25) is 9.05 Å². The Hall–Kier alpha value is -0.540. The lowest BCUT2D eigenvalue weighted by Crippen LogP contribution is -1.99. The topological polar surface area (TPSA) is 34.1 Å². The van der Waals surface area contributed by atoms with Crippen molar-refractivity contribution >= 4 is 19.7 Å². The lowest BCUT2D eigenvalue weighted by atomic mass is 10.0. The predicted molar refractivity (Wildman–Crippen MR) is 58.9 cm³/mol. The second-order valence-corrected chi connectivity index (χ2v) is 5.98. The van der Waals surface area contributed by atoms with Crippen molar-refractivity contribution in [1.29, 1.82) is 0 Å². The van der Waals surface area contributed by atoms with Gasteiger partial charge < -0.3 is 0 Å². The Morgan fingerprint density at radius 2 is 1.79 bits per heavy atom. The highest BCUT2D eigenvalue weighted by Gasteiger charge is 2.09. The van der Waals surface area contributed by atoms with Crippen molar-refractivity contribution < 1.29 is 8.42 Å². The normalized spacial score (nSPS) is 11.6. The predicted octanol–water partition coefficient (Wildman–Crippen LogP) is 2.71. The van der Waals surface area contributed by atoms with E-state index in [-0.39, 0.29) is 5.75 Å². The number of hydrogen-bond acceptors (Lipinski definition) is 2. The van der Waals surface area contributed by atoms with E-state index in [1.165, 1.54) is 0 Å². The Morgan fingerprint density at radius 1 is 1.21 bits per heavy atom. The van der Waals surface area contributed by atoms with Gasteiger partial charge in [0, 0.05) is 10.7 Å². The molecule has 0 aliphatic carbocycles. The molecule has 0 atom stereocenters. The maximum Gasteiger partial charge on any atom is 0.236 e. The molecule has 0 aromatic heterocycles. The van der Waals surface area contributed by atoms with Crippen molar-refractivity contribution in [1.82, 2.24) is 0 Å². The quantitative estimate of drug-likeness (QED) is 0.748. The highest BCUT2D eigenvalue weighted by molar-refractivity contribution is 8.13. The van der Waals surface area contributed by atoms with Crippen molar-refractivity contribution in [3.05, 3.63) is 35.4 Å². The van der Waals surface area contributed by atoms with E-state index in [1.807, 2.05) is 24.3 Å². The van der Waals surface area contributed by atoms with Crippen molar-refractivity contribution in [3.63, 3.8) is 0 Å². The molecular formula is C10H13ClO2S. The van der Waals surface area contributed by atoms with Gasteiger partial charge in [0.15, 0.2) is 0 Å². The van der Waals surface area contributed by atoms with Crippen molar-refractivity contribution in [2.24, 2.45) is 0 Å². The van der Waals surface area contributed by atoms with E-state index in [9.17, 15) is 8.42 Å². The second kappa shape index (κ2) is 4.80. The fourth-order valence-electron chi connectivity index (χ4n) is 1.40.